The van der Waals surface area contributed by atoms with Gasteiger partial charge in [0.1, 0.15) is 17.3 Å². The monoisotopic (exact) mass is 575 g/mol. The van der Waals surface area contributed by atoms with Crippen molar-refractivity contribution in [2.75, 3.05) is 31.7 Å². The van der Waals surface area contributed by atoms with E-state index >= 15 is 0 Å². The molecule has 0 radical (unpaired) electrons. The Bertz CT molecular complexity index is 1250. The molecule has 1 unspecified atom stereocenters. The van der Waals surface area contributed by atoms with Crippen molar-refractivity contribution in [2.45, 2.75) is 58.8 Å². The van der Waals surface area contributed by atoms with E-state index in [1.54, 1.807) is 24.1 Å². The Balaban J connectivity index is 1.50. The van der Waals surface area contributed by atoms with Gasteiger partial charge in [0.25, 0.3) is 0 Å². The molecule has 5 nitrogen and oxygen atoms in total. The molecule has 0 spiro atoms. The van der Waals surface area contributed by atoms with Crippen LogP contribution in [-0.2, 0) is 15.6 Å². The lowest BCUT2D eigenvalue weighted by molar-refractivity contribution is -0.127. The number of benzene rings is 3. The average molecular weight is 576 g/mol. The number of carbonyl (C=O) groups is 1. The molecule has 0 aliphatic heterocycles. The number of ether oxygens (including phenoxy) is 1. The Hall–Kier alpha value is -3.38. The molecule has 0 saturated carbocycles. The Morgan fingerprint density at radius 1 is 0.805 bits per heavy atom. The number of aromatic hydroxyl groups is 1. The minimum atomic E-state index is -1.09. The molecule has 0 aliphatic rings. The van der Waals surface area contributed by atoms with Crippen LogP contribution < -0.4 is 4.74 Å². The van der Waals surface area contributed by atoms with E-state index in [2.05, 4.69) is 50.2 Å². The van der Waals surface area contributed by atoms with Gasteiger partial charge in [-0.2, -0.15) is 0 Å². The molecule has 1 amide bonds. The summed E-state index contributed by atoms with van der Waals surface area (Å²) in [5.74, 6) is 1.78. The summed E-state index contributed by atoms with van der Waals surface area (Å²) in [5.41, 5.74) is 5.75. The van der Waals surface area contributed by atoms with Crippen molar-refractivity contribution in [3.63, 3.8) is 0 Å². The normalized spacial score (nSPS) is 12.5. The number of hydrogen-bond acceptors (Lipinski definition) is 4. The van der Waals surface area contributed by atoms with Gasteiger partial charge in [0.2, 0.25) is 5.91 Å². The quantitative estimate of drug-likeness (QED) is 0.132. The van der Waals surface area contributed by atoms with Gasteiger partial charge in [-0.05, 0) is 77.8 Å². The number of nitrogens with zero attached hydrogens (tertiary/aromatic N) is 1. The van der Waals surface area contributed by atoms with Gasteiger partial charge in [-0.1, -0.05) is 87.7 Å². The lowest BCUT2D eigenvalue weighted by atomic mass is 9.88. The predicted octanol–water partition coefficient (Wildman–Crippen LogP) is 7.71. The highest BCUT2D eigenvalue weighted by Gasteiger charge is 2.14. The van der Waals surface area contributed by atoms with Gasteiger partial charge in [0, 0.05) is 30.1 Å². The maximum Gasteiger partial charge on any atom is 0.234 e. The zero-order valence-electron chi connectivity index (χ0n) is 24.8. The van der Waals surface area contributed by atoms with Gasteiger partial charge >= 0.3 is 0 Å². The van der Waals surface area contributed by atoms with Crippen molar-refractivity contribution in [3.8, 4) is 11.5 Å². The first-order valence-electron chi connectivity index (χ1n) is 14.8. The SMILES string of the molecule is CCCCN(C)C(=O)CS(=O)CCCCCCOc1ccc(/C(=C(/CC)c2ccccc2)c2ccc(O)cc2)cc1. The number of allylic oxidation sites excluding steroid dienone is 1. The molecule has 3 aromatic rings. The molecule has 220 valence electrons. The van der Waals surface area contributed by atoms with Gasteiger partial charge in [-0.3, -0.25) is 9.00 Å². The van der Waals surface area contributed by atoms with Gasteiger partial charge in [0.15, 0.2) is 0 Å². The van der Waals surface area contributed by atoms with Crippen molar-refractivity contribution in [3.05, 3.63) is 95.6 Å². The molecule has 0 heterocycles. The zero-order chi connectivity index (χ0) is 29.5. The molecule has 0 fully saturated rings. The summed E-state index contributed by atoms with van der Waals surface area (Å²) >= 11 is 0. The van der Waals surface area contributed by atoms with Crippen LogP contribution in [0.5, 0.6) is 11.5 Å². The van der Waals surface area contributed by atoms with Gasteiger partial charge in [-0.25, -0.2) is 0 Å². The molecule has 3 aromatic carbocycles. The third-order valence-electron chi connectivity index (χ3n) is 7.17. The summed E-state index contributed by atoms with van der Waals surface area (Å²) in [6, 6.07) is 26.1. The number of phenols is 1. The number of amides is 1. The first kappa shape index (κ1) is 32.1. The second-order valence-electron chi connectivity index (χ2n) is 10.4. The third kappa shape index (κ3) is 10.5. The molecule has 41 heavy (non-hydrogen) atoms. The van der Waals surface area contributed by atoms with Crippen LogP contribution in [0.1, 0.15) is 75.5 Å². The standard InChI is InChI=1S/C35H45NO4S/c1-4-6-24-36(3)34(38)27-41(39)26-13-8-7-12-25-40-32-22-18-30(19-23-32)35(29-16-20-31(37)21-17-29)33(5-2)28-14-10-9-11-15-28/h9-11,14-23,37H,4-8,12-13,24-27H2,1-3H3/b35-33-. The van der Waals surface area contributed by atoms with Crippen molar-refractivity contribution in [2.24, 2.45) is 0 Å². The highest BCUT2D eigenvalue weighted by Crippen LogP contribution is 2.35. The van der Waals surface area contributed by atoms with Crippen molar-refractivity contribution < 1.29 is 18.8 Å². The number of phenolic OH excluding ortho intramolecular Hbond substituents is 1. The first-order valence-corrected chi connectivity index (χ1v) is 16.3. The first-order chi connectivity index (χ1) is 19.9. The summed E-state index contributed by atoms with van der Waals surface area (Å²) < 4.78 is 18.3. The van der Waals surface area contributed by atoms with E-state index in [1.807, 2.05) is 30.3 Å². The molecule has 0 bridgehead atoms. The summed E-state index contributed by atoms with van der Waals surface area (Å²) in [5, 5.41) is 9.85. The maximum absolute atomic E-state index is 12.3. The van der Waals surface area contributed by atoms with Gasteiger partial charge < -0.3 is 14.7 Å². The fourth-order valence-electron chi connectivity index (χ4n) is 4.77. The van der Waals surface area contributed by atoms with E-state index in [-0.39, 0.29) is 17.4 Å². The second-order valence-corrected chi connectivity index (χ2v) is 11.9. The Labute approximate surface area is 248 Å². The molecule has 0 aliphatic carbocycles. The maximum atomic E-state index is 12.3. The van der Waals surface area contributed by atoms with Crippen molar-refractivity contribution in [1.29, 1.82) is 0 Å². The molecule has 0 aromatic heterocycles. The van der Waals surface area contributed by atoms with E-state index < -0.39 is 10.8 Å². The van der Waals surface area contributed by atoms with E-state index in [0.717, 1.165) is 73.9 Å². The molecule has 1 N–H and O–H groups in total. The second kappa shape index (κ2) is 17.4. The van der Waals surface area contributed by atoms with Crippen LogP contribution in [0.15, 0.2) is 78.9 Å². The van der Waals surface area contributed by atoms with Crippen molar-refractivity contribution >= 4 is 27.9 Å². The van der Waals surface area contributed by atoms with Crippen LogP contribution in [-0.4, -0.2) is 51.8 Å². The van der Waals surface area contributed by atoms with Crippen LogP contribution in [0.3, 0.4) is 0 Å². The zero-order valence-corrected chi connectivity index (χ0v) is 25.6. The molecular weight excluding hydrogens is 530 g/mol. The highest BCUT2D eigenvalue weighted by atomic mass is 32.2. The number of carbonyl (C=O) groups excluding carboxylic acids is 1. The van der Waals surface area contributed by atoms with Crippen LogP contribution >= 0.6 is 0 Å². The topological polar surface area (TPSA) is 66.8 Å². The molecule has 3 rings (SSSR count). The number of unbranched alkanes of at least 4 members (excludes halogenated alkanes) is 4. The summed E-state index contributed by atoms with van der Waals surface area (Å²) in [6.45, 7) is 5.64. The summed E-state index contributed by atoms with van der Waals surface area (Å²) in [4.78, 5) is 13.8. The van der Waals surface area contributed by atoms with Crippen LogP contribution in [0, 0.1) is 0 Å². The Morgan fingerprint density at radius 2 is 1.44 bits per heavy atom. The molecule has 1 atom stereocenters. The fraction of sp³-hybridized carbons (Fsp3) is 0.400. The van der Waals surface area contributed by atoms with Crippen LogP contribution in [0.25, 0.3) is 11.1 Å². The van der Waals surface area contributed by atoms with E-state index in [1.165, 1.54) is 11.1 Å². The molecule has 0 saturated heterocycles. The molecule has 6 heteroatoms. The van der Waals surface area contributed by atoms with Crippen LogP contribution in [0.2, 0.25) is 0 Å². The summed E-state index contributed by atoms with van der Waals surface area (Å²) in [6.07, 6.45) is 6.67. The van der Waals surface area contributed by atoms with Crippen molar-refractivity contribution in [1.82, 2.24) is 4.90 Å². The van der Waals surface area contributed by atoms with Gasteiger partial charge in [0.05, 0.1) is 6.61 Å². The largest absolute Gasteiger partial charge is 0.508 e. The smallest absolute Gasteiger partial charge is 0.234 e. The Kier molecular flexibility index (Phi) is 13.7. The van der Waals surface area contributed by atoms with Gasteiger partial charge in [-0.15, -0.1) is 0 Å². The number of rotatable bonds is 17. The summed E-state index contributed by atoms with van der Waals surface area (Å²) in [7, 11) is 0.703. The lowest BCUT2D eigenvalue weighted by Gasteiger charge is -2.17. The fourth-order valence-corrected chi connectivity index (χ4v) is 5.94. The minimum absolute atomic E-state index is 0.0205. The highest BCUT2D eigenvalue weighted by molar-refractivity contribution is 7.85. The third-order valence-corrected chi connectivity index (χ3v) is 8.48. The average Bonchev–Trinajstić information content (AvgIpc) is 2.99. The predicted molar refractivity (Wildman–Crippen MR) is 172 cm³/mol. The van der Waals surface area contributed by atoms with Crippen LogP contribution in [0.4, 0.5) is 0 Å². The van der Waals surface area contributed by atoms with E-state index in [4.69, 9.17) is 4.74 Å². The number of hydrogen-bond donors (Lipinski definition) is 1. The lowest BCUT2D eigenvalue weighted by Crippen LogP contribution is -2.32. The van der Waals surface area contributed by atoms with E-state index in [0.29, 0.717) is 12.4 Å². The minimum Gasteiger partial charge on any atom is -0.508 e. The molecular formula is C35H45NO4S. The van der Waals surface area contributed by atoms with E-state index in [9.17, 15) is 14.1 Å². The Morgan fingerprint density at radius 3 is 2.07 bits per heavy atom.